The molecule has 2 N–H and O–H groups in total. The summed E-state index contributed by atoms with van der Waals surface area (Å²) in [6, 6.07) is 0.456. The molecule has 0 spiro atoms. The zero-order chi connectivity index (χ0) is 13.0. The first-order chi connectivity index (χ1) is 8.70. The Labute approximate surface area is 109 Å². The van der Waals surface area contributed by atoms with Crippen molar-refractivity contribution in [2.24, 2.45) is 13.0 Å². The van der Waals surface area contributed by atoms with Gasteiger partial charge in [0, 0.05) is 38.0 Å². The van der Waals surface area contributed by atoms with Crippen molar-refractivity contribution in [3.8, 4) is 0 Å². The van der Waals surface area contributed by atoms with Gasteiger partial charge in [-0.25, -0.2) is 0 Å². The third-order valence-corrected chi connectivity index (χ3v) is 4.06. The summed E-state index contributed by atoms with van der Waals surface area (Å²) < 4.78 is 1.86. The fourth-order valence-corrected chi connectivity index (χ4v) is 2.93. The van der Waals surface area contributed by atoms with Gasteiger partial charge in [-0.2, -0.15) is 5.10 Å². The second kappa shape index (κ2) is 6.34. The van der Waals surface area contributed by atoms with Crippen molar-refractivity contribution >= 4 is 0 Å². The molecule has 4 heteroatoms. The Morgan fingerprint density at radius 1 is 1.39 bits per heavy atom. The molecule has 0 bridgehead atoms. The van der Waals surface area contributed by atoms with Gasteiger partial charge >= 0.3 is 0 Å². The van der Waals surface area contributed by atoms with Crippen LogP contribution in [0, 0.1) is 12.8 Å². The normalized spacial score (nSPS) is 25.1. The maximum atomic E-state index is 9.49. The zero-order valence-electron chi connectivity index (χ0n) is 11.5. The Hall–Kier alpha value is -0.870. The molecule has 2 rings (SSSR count). The lowest BCUT2D eigenvalue weighted by Crippen LogP contribution is -2.36. The zero-order valence-corrected chi connectivity index (χ0v) is 11.5. The molecule has 1 heterocycles. The summed E-state index contributed by atoms with van der Waals surface area (Å²) in [6.07, 6.45) is 8.26. The lowest BCUT2D eigenvalue weighted by molar-refractivity contribution is 0.181. The van der Waals surface area contributed by atoms with E-state index >= 15 is 0 Å². The smallest absolute Gasteiger partial charge is 0.0638 e. The molecular formula is C14H25N3O. The van der Waals surface area contributed by atoms with E-state index in [1.807, 2.05) is 18.7 Å². The summed E-state index contributed by atoms with van der Waals surface area (Å²) in [5, 5.41) is 17.5. The fourth-order valence-electron chi connectivity index (χ4n) is 2.93. The third-order valence-electron chi connectivity index (χ3n) is 4.06. The molecule has 0 aliphatic heterocycles. The molecular weight excluding hydrogens is 226 g/mol. The average molecular weight is 251 g/mol. The summed E-state index contributed by atoms with van der Waals surface area (Å²) in [5.41, 5.74) is 2.36. The molecule has 0 amide bonds. The number of aliphatic hydroxyl groups is 1. The van der Waals surface area contributed by atoms with Crippen LogP contribution in [0.1, 0.15) is 43.4 Å². The summed E-state index contributed by atoms with van der Waals surface area (Å²) in [7, 11) is 1.96. The number of rotatable bonds is 4. The van der Waals surface area contributed by atoms with Crippen LogP contribution in [0.4, 0.5) is 0 Å². The quantitative estimate of drug-likeness (QED) is 0.802. The van der Waals surface area contributed by atoms with E-state index in [4.69, 9.17) is 0 Å². The van der Waals surface area contributed by atoms with E-state index in [1.54, 1.807) is 0 Å². The molecule has 1 fully saturated rings. The second-order valence-corrected chi connectivity index (χ2v) is 5.48. The predicted octanol–water partition coefficient (Wildman–Crippen LogP) is 1.76. The minimum atomic E-state index is 0.309. The number of aryl methyl sites for hydroxylation is 2. The molecule has 0 radical (unpaired) electrons. The lowest BCUT2D eigenvalue weighted by atomic mass is 9.95. The van der Waals surface area contributed by atoms with Crippen molar-refractivity contribution in [2.75, 3.05) is 6.61 Å². The number of nitrogens with zero attached hydrogens (tertiary/aromatic N) is 2. The molecule has 18 heavy (non-hydrogen) atoms. The van der Waals surface area contributed by atoms with Gasteiger partial charge in [-0.3, -0.25) is 4.68 Å². The number of hydrogen-bond acceptors (Lipinski definition) is 3. The van der Waals surface area contributed by atoms with E-state index in [-0.39, 0.29) is 0 Å². The van der Waals surface area contributed by atoms with Gasteiger partial charge in [-0.05, 0) is 25.7 Å². The highest BCUT2D eigenvalue weighted by atomic mass is 16.3. The van der Waals surface area contributed by atoms with Crippen LogP contribution in [0.5, 0.6) is 0 Å². The van der Waals surface area contributed by atoms with E-state index in [9.17, 15) is 5.11 Å². The van der Waals surface area contributed by atoms with Gasteiger partial charge in [0.1, 0.15) is 0 Å². The molecule has 4 nitrogen and oxygen atoms in total. The van der Waals surface area contributed by atoms with Crippen molar-refractivity contribution in [1.29, 1.82) is 0 Å². The van der Waals surface area contributed by atoms with Gasteiger partial charge in [0.25, 0.3) is 0 Å². The van der Waals surface area contributed by atoms with Gasteiger partial charge in [-0.1, -0.05) is 19.3 Å². The predicted molar refractivity (Wildman–Crippen MR) is 72.2 cm³/mol. The van der Waals surface area contributed by atoms with Crippen LogP contribution in [0.3, 0.4) is 0 Å². The van der Waals surface area contributed by atoms with Crippen LogP contribution < -0.4 is 5.32 Å². The van der Waals surface area contributed by atoms with Crippen LogP contribution in [0.25, 0.3) is 0 Å². The van der Waals surface area contributed by atoms with Crippen LogP contribution in [-0.2, 0) is 13.6 Å². The van der Waals surface area contributed by atoms with Crippen molar-refractivity contribution in [3.63, 3.8) is 0 Å². The van der Waals surface area contributed by atoms with E-state index in [0.717, 1.165) is 18.7 Å². The molecule has 2 unspecified atom stereocenters. The minimum absolute atomic E-state index is 0.309. The van der Waals surface area contributed by atoms with Crippen molar-refractivity contribution in [3.05, 3.63) is 17.5 Å². The van der Waals surface area contributed by atoms with Gasteiger partial charge < -0.3 is 10.4 Å². The van der Waals surface area contributed by atoms with Crippen molar-refractivity contribution in [1.82, 2.24) is 15.1 Å². The molecule has 0 aromatic carbocycles. The highest BCUT2D eigenvalue weighted by molar-refractivity contribution is 5.15. The summed E-state index contributed by atoms with van der Waals surface area (Å²) in [6.45, 7) is 3.22. The molecule has 1 saturated carbocycles. The van der Waals surface area contributed by atoms with Crippen LogP contribution >= 0.6 is 0 Å². The first kappa shape index (κ1) is 13.6. The summed E-state index contributed by atoms with van der Waals surface area (Å²) in [4.78, 5) is 0. The topological polar surface area (TPSA) is 50.1 Å². The molecule has 102 valence electrons. The van der Waals surface area contributed by atoms with Crippen LogP contribution in [0.15, 0.2) is 6.20 Å². The van der Waals surface area contributed by atoms with Crippen LogP contribution in [-0.4, -0.2) is 27.5 Å². The van der Waals surface area contributed by atoms with Gasteiger partial charge in [-0.15, -0.1) is 0 Å². The molecule has 2 atom stereocenters. The maximum absolute atomic E-state index is 9.49. The second-order valence-electron chi connectivity index (χ2n) is 5.48. The minimum Gasteiger partial charge on any atom is -0.396 e. The number of nitrogens with one attached hydrogen (secondary N) is 1. The van der Waals surface area contributed by atoms with Crippen molar-refractivity contribution in [2.45, 2.75) is 51.6 Å². The van der Waals surface area contributed by atoms with E-state index < -0.39 is 0 Å². The Bertz CT molecular complexity index is 375. The molecule has 1 aromatic rings. The van der Waals surface area contributed by atoms with E-state index in [0.29, 0.717) is 18.6 Å². The van der Waals surface area contributed by atoms with E-state index in [2.05, 4.69) is 16.6 Å². The monoisotopic (exact) mass is 251 g/mol. The van der Waals surface area contributed by atoms with E-state index in [1.165, 1.54) is 31.2 Å². The summed E-state index contributed by atoms with van der Waals surface area (Å²) >= 11 is 0. The molecule has 0 saturated heterocycles. The average Bonchev–Trinajstić information content (AvgIpc) is 2.55. The lowest BCUT2D eigenvalue weighted by Gasteiger charge is -2.24. The SMILES string of the molecule is Cc1nn(C)cc1CNC1CCCCCC1CO. The standard InChI is InChI=1S/C14H25N3O/c1-11-13(9-17(2)16-11)8-15-14-7-5-3-4-6-12(14)10-18/h9,12,14-15,18H,3-8,10H2,1-2H3. The Morgan fingerprint density at radius 2 is 2.17 bits per heavy atom. The first-order valence-electron chi connectivity index (χ1n) is 7.04. The largest absolute Gasteiger partial charge is 0.396 e. The van der Waals surface area contributed by atoms with Crippen molar-refractivity contribution < 1.29 is 5.11 Å². The number of hydrogen-bond donors (Lipinski definition) is 2. The number of aliphatic hydroxyl groups excluding tert-OH is 1. The highest BCUT2D eigenvalue weighted by Gasteiger charge is 2.22. The van der Waals surface area contributed by atoms with Gasteiger partial charge in [0.05, 0.1) is 5.69 Å². The Kier molecular flexibility index (Phi) is 4.78. The third kappa shape index (κ3) is 3.33. The number of aromatic nitrogens is 2. The fraction of sp³-hybridized carbons (Fsp3) is 0.786. The van der Waals surface area contributed by atoms with Gasteiger partial charge in [0.15, 0.2) is 0 Å². The Balaban J connectivity index is 1.92. The highest BCUT2D eigenvalue weighted by Crippen LogP contribution is 2.23. The molecule has 1 aliphatic rings. The van der Waals surface area contributed by atoms with Gasteiger partial charge in [0.2, 0.25) is 0 Å². The maximum Gasteiger partial charge on any atom is 0.0638 e. The molecule has 1 aromatic heterocycles. The Morgan fingerprint density at radius 3 is 2.83 bits per heavy atom. The first-order valence-corrected chi connectivity index (χ1v) is 7.04. The van der Waals surface area contributed by atoms with Crippen LogP contribution in [0.2, 0.25) is 0 Å². The summed E-state index contributed by atoms with van der Waals surface area (Å²) in [5.74, 6) is 0.421. The molecule has 1 aliphatic carbocycles.